The van der Waals surface area contributed by atoms with Crippen molar-refractivity contribution in [3.63, 3.8) is 0 Å². The number of aromatic hydroxyl groups is 1. The number of phenols is 1. The van der Waals surface area contributed by atoms with Crippen LogP contribution in [-0.2, 0) is 5.41 Å². The van der Waals surface area contributed by atoms with Crippen molar-refractivity contribution in [3.8, 4) is 73.3 Å². The molecule has 0 atom stereocenters. The maximum Gasteiger partial charge on any atom is 0.164 e. The van der Waals surface area contributed by atoms with Gasteiger partial charge in [0.15, 0.2) is 17.5 Å². The molecule has 0 bridgehead atoms. The van der Waals surface area contributed by atoms with Gasteiger partial charge in [0.25, 0.3) is 0 Å². The molecule has 7 aromatic carbocycles. The second-order valence-electron chi connectivity index (χ2n) is 12.9. The fraction of sp³-hybridized carbons (Fsp3) is 0.0217. The van der Waals surface area contributed by atoms with E-state index in [1.54, 1.807) is 12.1 Å². The van der Waals surface area contributed by atoms with Crippen LogP contribution in [0.4, 0.5) is 0 Å². The lowest BCUT2D eigenvalue weighted by Gasteiger charge is -2.30. The standard InChI is InChI=1S/C46H29N3O/c50-33-27-31(29-14-3-1-4-15-29)26-32(28-33)44-47-43(30-16-5-2-6-17-30)48-45(49-44)37-21-13-25-41-42(37)36-20-9-12-24-40(36)46(41)38-22-10-7-18-34(38)35-19-8-11-23-39(35)46/h1-28,50H. The van der Waals surface area contributed by atoms with Crippen LogP contribution in [0.1, 0.15) is 22.3 Å². The van der Waals surface area contributed by atoms with E-state index in [0.717, 1.165) is 27.8 Å². The Morgan fingerprint density at radius 3 is 1.46 bits per heavy atom. The van der Waals surface area contributed by atoms with Crippen LogP contribution in [0.15, 0.2) is 170 Å². The van der Waals surface area contributed by atoms with Gasteiger partial charge in [0.1, 0.15) is 5.75 Å². The van der Waals surface area contributed by atoms with Crippen LogP contribution in [0.5, 0.6) is 5.75 Å². The monoisotopic (exact) mass is 639 g/mol. The van der Waals surface area contributed by atoms with E-state index < -0.39 is 5.41 Å². The zero-order valence-electron chi connectivity index (χ0n) is 27.0. The van der Waals surface area contributed by atoms with Crippen LogP contribution in [0, 0.1) is 0 Å². The van der Waals surface area contributed by atoms with Crippen LogP contribution < -0.4 is 0 Å². The number of rotatable bonds is 4. The van der Waals surface area contributed by atoms with Crippen LogP contribution in [0.3, 0.4) is 0 Å². The molecule has 0 unspecified atom stereocenters. The SMILES string of the molecule is Oc1cc(-c2ccccc2)cc(-c2nc(-c3ccccc3)nc(-c3cccc4c3-c3ccccc3C43c4ccccc4-c4ccccc43)n2)c1. The average molecular weight is 640 g/mol. The molecule has 4 nitrogen and oxygen atoms in total. The van der Waals surface area contributed by atoms with Gasteiger partial charge < -0.3 is 5.11 Å². The van der Waals surface area contributed by atoms with Crippen LogP contribution in [-0.4, -0.2) is 20.1 Å². The Balaban J connectivity index is 1.25. The van der Waals surface area contributed by atoms with Gasteiger partial charge in [-0.1, -0.05) is 152 Å². The zero-order valence-corrected chi connectivity index (χ0v) is 27.0. The molecule has 234 valence electrons. The molecule has 1 N–H and O–H groups in total. The molecule has 1 aromatic heterocycles. The van der Waals surface area contributed by atoms with Gasteiger partial charge in [0, 0.05) is 16.7 Å². The van der Waals surface area contributed by atoms with Gasteiger partial charge in [-0.05, 0) is 73.8 Å². The highest BCUT2D eigenvalue weighted by Gasteiger charge is 2.52. The fourth-order valence-electron chi connectivity index (χ4n) is 8.21. The smallest absolute Gasteiger partial charge is 0.164 e. The fourth-order valence-corrected chi connectivity index (χ4v) is 8.21. The summed E-state index contributed by atoms with van der Waals surface area (Å²) in [4.78, 5) is 15.4. The second-order valence-corrected chi connectivity index (χ2v) is 12.9. The van der Waals surface area contributed by atoms with E-state index in [1.165, 1.54) is 38.9 Å². The van der Waals surface area contributed by atoms with Gasteiger partial charge in [0.2, 0.25) is 0 Å². The molecule has 1 spiro atoms. The quantitative estimate of drug-likeness (QED) is 0.208. The summed E-state index contributed by atoms with van der Waals surface area (Å²) in [5, 5.41) is 10.9. The first kappa shape index (κ1) is 28.4. The third-order valence-electron chi connectivity index (χ3n) is 10.2. The molecule has 10 rings (SSSR count). The van der Waals surface area contributed by atoms with Crippen molar-refractivity contribution < 1.29 is 5.11 Å². The normalized spacial score (nSPS) is 13.0. The lowest BCUT2D eigenvalue weighted by Crippen LogP contribution is -2.25. The molecule has 0 saturated carbocycles. The lowest BCUT2D eigenvalue weighted by atomic mass is 9.70. The Labute approximate surface area is 290 Å². The minimum Gasteiger partial charge on any atom is -0.508 e. The summed E-state index contributed by atoms with van der Waals surface area (Å²) in [5.41, 5.74) is 13.9. The van der Waals surface area contributed by atoms with Gasteiger partial charge in [-0.25, -0.2) is 15.0 Å². The maximum absolute atomic E-state index is 10.9. The highest BCUT2D eigenvalue weighted by molar-refractivity contribution is 5.99. The number of phenolic OH excluding ortho intramolecular Hbond substituents is 1. The third-order valence-corrected chi connectivity index (χ3v) is 10.2. The van der Waals surface area contributed by atoms with Crippen molar-refractivity contribution in [1.82, 2.24) is 15.0 Å². The molecule has 0 aliphatic heterocycles. The van der Waals surface area contributed by atoms with E-state index in [0.29, 0.717) is 23.0 Å². The first-order chi connectivity index (χ1) is 24.7. The van der Waals surface area contributed by atoms with Gasteiger partial charge in [-0.15, -0.1) is 0 Å². The summed E-state index contributed by atoms with van der Waals surface area (Å²) in [7, 11) is 0. The number of aromatic nitrogens is 3. The van der Waals surface area contributed by atoms with Crippen LogP contribution in [0.25, 0.3) is 67.5 Å². The number of hydrogen-bond donors (Lipinski definition) is 1. The van der Waals surface area contributed by atoms with Crippen molar-refractivity contribution in [2.45, 2.75) is 5.41 Å². The molecule has 50 heavy (non-hydrogen) atoms. The second kappa shape index (κ2) is 10.9. The van der Waals surface area contributed by atoms with E-state index in [-0.39, 0.29) is 5.75 Å². The Morgan fingerprint density at radius 2 is 0.800 bits per heavy atom. The maximum atomic E-state index is 10.9. The molecule has 1 heterocycles. The molecule has 0 saturated heterocycles. The zero-order chi connectivity index (χ0) is 33.2. The van der Waals surface area contributed by atoms with Crippen molar-refractivity contribution in [3.05, 3.63) is 192 Å². The Bertz CT molecular complexity index is 2570. The van der Waals surface area contributed by atoms with Gasteiger partial charge in [-0.2, -0.15) is 0 Å². The van der Waals surface area contributed by atoms with Crippen LogP contribution in [0.2, 0.25) is 0 Å². The molecule has 0 radical (unpaired) electrons. The summed E-state index contributed by atoms with van der Waals surface area (Å²) in [6.07, 6.45) is 0. The average Bonchev–Trinajstić information content (AvgIpc) is 3.66. The summed E-state index contributed by atoms with van der Waals surface area (Å²) in [6.45, 7) is 0. The van der Waals surface area contributed by atoms with Crippen molar-refractivity contribution in [2.24, 2.45) is 0 Å². The molecule has 4 heteroatoms. The molecular formula is C46H29N3O. The highest BCUT2D eigenvalue weighted by atomic mass is 16.3. The van der Waals surface area contributed by atoms with Crippen LogP contribution >= 0.6 is 0 Å². The largest absolute Gasteiger partial charge is 0.508 e. The molecule has 2 aliphatic rings. The Morgan fingerprint density at radius 1 is 0.340 bits per heavy atom. The van der Waals surface area contributed by atoms with Crippen molar-refractivity contribution in [1.29, 1.82) is 0 Å². The summed E-state index contributed by atoms with van der Waals surface area (Å²) in [6, 6.07) is 58.6. The Hall–Kier alpha value is -6.65. The predicted octanol–water partition coefficient (Wildman–Crippen LogP) is 10.6. The number of nitrogens with zero attached hydrogens (tertiary/aromatic N) is 3. The Kier molecular flexibility index (Phi) is 6.21. The van der Waals surface area contributed by atoms with Crippen molar-refractivity contribution >= 4 is 0 Å². The molecule has 8 aromatic rings. The van der Waals surface area contributed by atoms with E-state index in [2.05, 4.69) is 91.0 Å². The van der Waals surface area contributed by atoms with E-state index >= 15 is 0 Å². The van der Waals surface area contributed by atoms with E-state index in [4.69, 9.17) is 15.0 Å². The number of fused-ring (bicyclic) bond motifs is 10. The first-order valence-corrected chi connectivity index (χ1v) is 16.8. The van der Waals surface area contributed by atoms with Crippen molar-refractivity contribution in [2.75, 3.05) is 0 Å². The summed E-state index contributed by atoms with van der Waals surface area (Å²) >= 11 is 0. The molecule has 2 aliphatic carbocycles. The molecule has 0 fully saturated rings. The summed E-state index contributed by atoms with van der Waals surface area (Å²) in [5.74, 6) is 1.81. The molecule has 0 amide bonds. The van der Waals surface area contributed by atoms with Gasteiger partial charge in [-0.3, -0.25) is 0 Å². The first-order valence-electron chi connectivity index (χ1n) is 16.8. The minimum absolute atomic E-state index is 0.152. The minimum atomic E-state index is -0.469. The summed E-state index contributed by atoms with van der Waals surface area (Å²) < 4.78 is 0. The highest BCUT2D eigenvalue weighted by Crippen LogP contribution is 2.63. The predicted molar refractivity (Wildman–Crippen MR) is 200 cm³/mol. The number of benzene rings is 7. The van der Waals surface area contributed by atoms with Gasteiger partial charge in [0.05, 0.1) is 5.41 Å². The lowest BCUT2D eigenvalue weighted by molar-refractivity contribution is 0.476. The van der Waals surface area contributed by atoms with E-state index in [9.17, 15) is 5.11 Å². The van der Waals surface area contributed by atoms with E-state index in [1.807, 2.05) is 66.7 Å². The number of hydrogen-bond acceptors (Lipinski definition) is 4. The topological polar surface area (TPSA) is 58.9 Å². The van der Waals surface area contributed by atoms with Gasteiger partial charge >= 0.3 is 0 Å². The third kappa shape index (κ3) is 4.09. The molecular weight excluding hydrogens is 611 g/mol.